The molecule has 0 radical (unpaired) electrons. The van der Waals surface area contributed by atoms with Crippen molar-refractivity contribution in [1.29, 1.82) is 0 Å². The van der Waals surface area contributed by atoms with Crippen LogP contribution >= 0.6 is 0 Å². The average Bonchev–Trinajstić information content (AvgIpc) is 2.46. The smallest absolute Gasteiger partial charge is 0.322 e. The predicted octanol–water partition coefficient (Wildman–Crippen LogP) is 1.50. The molecule has 1 aliphatic rings. The van der Waals surface area contributed by atoms with E-state index in [0.29, 0.717) is 0 Å². The van der Waals surface area contributed by atoms with E-state index in [4.69, 9.17) is 10.8 Å². The minimum absolute atomic E-state index is 0.235. The van der Waals surface area contributed by atoms with Crippen molar-refractivity contribution >= 4 is 17.3 Å². The molecular formula is C14H21N3O2. The van der Waals surface area contributed by atoms with Crippen molar-refractivity contribution in [3.8, 4) is 0 Å². The fraction of sp³-hybridized carbons (Fsp3) is 0.500. The first kappa shape index (κ1) is 13.7. The van der Waals surface area contributed by atoms with Gasteiger partial charge in [0, 0.05) is 31.0 Å². The summed E-state index contributed by atoms with van der Waals surface area (Å²) in [5.74, 6) is -0.988. The molecule has 5 heteroatoms. The number of carbonyl (C=O) groups is 1. The van der Waals surface area contributed by atoms with Gasteiger partial charge < -0.3 is 21.1 Å². The summed E-state index contributed by atoms with van der Waals surface area (Å²) in [6.07, 6.45) is 3.84. The van der Waals surface area contributed by atoms with E-state index < -0.39 is 12.0 Å². The third-order valence-corrected chi connectivity index (χ3v) is 3.43. The van der Waals surface area contributed by atoms with Crippen LogP contribution in [0.4, 0.5) is 11.4 Å². The molecule has 0 saturated carbocycles. The maximum absolute atomic E-state index is 10.6. The van der Waals surface area contributed by atoms with Crippen LogP contribution in [-0.2, 0) is 4.79 Å². The van der Waals surface area contributed by atoms with Gasteiger partial charge in [-0.3, -0.25) is 4.79 Å². The third-order valence-electron chi connectivity index (χ3n) is 3.43. The van der Waals surface area contributed by atoms with Gasteiger partial charge in [-0.05, 0) is 43.5 Å². The highest BCUT2D eigenvalue weighted by Crippen LogP contribution is 2.21. The van der Waals surface area contributed by atoms with Crippen molar-refractivity contribution in [1.82, 2.24) is 0 Å². The van der Waals surface area contributed by atoms with Crippen molar-refractivity contribution < 1.29 is 9.90 Å². The number of aliphatic carboxylic acids is 1. The van der Waals surface area contributed by atoms with Gasteiger partial charge in [-0.2, -0.15) is 0 Å². The fourth-order valence-corrected chi connectivity index (χ4v) is 2.26. The Bertz CT molecular complexity index is 413. The molecule has 4 N–H and O–H groups in total. The Morgan fingerprint density at radius 3 is 2.47 bits per heavy atom. The van der Waals surface area contributed by atoms with Gasteiger partial charge >= 0.3 is 5.97 Å². The molecule has 0 aromatic heterocycles. The van der Waals surface area contributed by atoms with Crippen molar-refractivity contribution in [3.63, 3.8) is 0 Å². The first-order valence-electron chi connectivity index (χ1n) is 6.74. The summed E-state index contributed by atoms with van der Waals surface area (Å²) in [5.41, 5.74) is 7.57. The van der Waals surface area contributed by atoms with E-state index in [1.807, 2.05) is 12.1 Å². The lowest BCUT2D eigenvalue weighted by molar-refractivity contribution is -0.138. The topological polar surface area (TPSA) is 78.6 Å². The maximum atomic E-state index is 10.6. The van der Waals surface area contributed by atoms with Crippen molar-refractivity contribution in [3.05, 3.63) is 24.3 Å². The molecule has 1 heterocycles. The lowest BCUT2D eigenvalue weighted by Gasteiger charge is -2.28. The van der Waals surface area contributed by atoms with E-state index in [-0.39, 0.29) is 6.54 Å². The molecule has 5 nitrogen and oxygen atoms in total. The normalized spacial score (nSPS) is 17.0. The zero-order valence-corrected chi connectivity index (χ0v) is 11.0. The van der Waals surface area contributed by atoms with Crippen LogP contribution in [0.1, 0.15) is 19.3 Å². The molecule has 1 aromatic carbocycles. The van der Waals surface area contributed by atoms with Gasteiger partial charge in [-0.15, -0.1) is 0 Å². The molecule has 2 rings (SSSR count). The Morgan fingerprint density at radius 2 is 1.89 bits per heavy atom. The molecule has 1 saturated heterocycles. The van der Waals surface area contributed by atoms with Gasteiger partial charge in [0.1, 0.15) is 6.04 Å². The molecule has 1 fully saturated rings. The molecule has 0 spiro atoms. The van der Waals surface area contributed by atoms with Crippen LogP contribution in [0.15, 0.2) is 24.3 Å². The van der Waals surface area contributed by atoms with E-state index in [9.17, 15) is 4.79 Å². The highest BCUT2D eigenvalue weighted by molar-refractivity contribution is 5.74. The highest BCUT2D eigenvalue weighted by Gasteiger charge is 2.12. The number of anilines is 2. The summed E-state index contributed by atoms with van der Waals surface area (Å²) in [6.45, 7) is 2.48. The number of carboxylic acids is 1. The number of hydrogen-bond acceptors (Lipinski definition) is 4. The number of nitrogens with one attached hydrogen (secondary N) is 1. The maximum Gasteiger partial charge on any atom is 0.322 e. The molecule has 1 aromatic rings. The lowest BCUT2D eigenvalue weighted by Crippen LogP contribution is -2.36. The minimum atomic E-state index is -0.988. The van der Waals surface area contributed by atoms with Gasteiger partial charge in [0.15, 0.2) is 0 Å². The van der Waals surface area contributed by atoms with Crippen molar-refractivity contribution in [2.24, 2.45) is 5.73 Å². The van der Waals surface area contributed by atoms with Crippen molar-refractivity contribution in [2.45, 2.75) is 25.3 Å². The number of piperidine rings is 1. The summed E-state index contributed by atoms with van der Waals surface area (Å²) in [6, 6.07) is 7.21. The summed E-state index contributed by atoms with van der Waals surface area (Å²) < 4.78 is 0. The van der Waals surface area contributed by atoms with Crippen LogP contribution in [0.3, 0.4) is 0 Å². The predicted molar refractivity (Wildman–Crippen MR) is 76.6 cm³/mol. The van der Waals surface area contributed by atoms with Crippen LogP contribution in [-0.4, -0.2) is 36.8 Å². The molecule has 19 heavy (non-hydrogen) atoms. The summed E-state index contributed by atoms with van der Waals surface area (Å²) >= 11 is 0. The first-order valence-corrected chi connectivity index (χ1v) is 6.74. The number of rotatable bonds is 5. The van der Waals surface area contributed by atoms with Crippen LogP contribution in [0.2, 0.25) is 0 Å². The lowest BCUT2D eigenvalue weighted by atomic mass is 10.1. The number of nitrogens with two attached hydrogens (primary N) is 1. The Kier molecular flexibility index (Phi) is 4.63. The van der Waals surface area contributed by atoms with Gasteiger partial charge in [0.05, 0.1) is 0 Å². The molecule has 1 unspecified atom stereocenters. The second-order valence-electron chi connectivity index (χ2n) is 4.92. The van der Waals surface area contributed by atoms with Gasteiger partial charge in [0.25, 0.3) is 0 Å². The number of hydrogen-bond donors (Lipinski definition) is 3. The second-order valence-corrected chi connectivity index (χ2v) is 4.92. The van der Waals surface area contributed by atoms with Gasteiger partial charge in [-0.1, -0.05) is 0 Å². The Balaban J connectivity index is 1.89. The molecule has 0 amide bonds. The van der Waals surface area contributed by atoms with Crippen LogP contribution < -0.4 is 16.0 Å². The van der Waals surface area contributed by atoms with Gasteiger partial charge in [-0.25, -0.2) is 0 Å². The van der Waals surface area contributed by atoms with E-state index in [1.54, 1.807) is 0 Å². The summed E-state index contributed by atoms with van der Waals surface area (Å²) in [7, 11) is 0. The zero-order valence-electron chi connectivity index (χ0n) is 11.0. The number of nitrogens with zero attached hydrogens (tertiary/aromatic N) is 1. The Labute approximate surface area is 113 Å². The zero-order chi connectivity index (χ0) is 13.7. The first-order chi connectivity index (χ1) is 9.16. The largest absolute Gasteiger partial charge is 0.480 e. The third kappa shape index (κ3) is 3.86. The minimum Gasteiger partial charge on any atom is -0.480 e. The van der Waals surface area contributed by atoms with Gasteiger partial charge in [0.2, 0.25) is 0 Å². The SMILES string of the molecule is NC(CNc1ccc(N2CCCCC2)cc1)C(=O)O. The molecule has 0 bridgehead atoms. The van der Waals surface area contributed by atoms with E-state index in [2.05, 4.69) is 22.3 Å². The summed E-state index contributed by atoms with van der Waals surface area (Å²) in [4.78, 5) is 13.0. The van der Waals surface area contributed by atoms with Crippen LogP contribution in [0, 0.1) is 0 Å². The van der Waals surface area contributed by atoms with Crippen LogP contribution in [0.5, 0.6) is 0 Å². The average molecular weight is 263 g/mol. The van der Waals surface area contributed by atoms with E-state index in [0.717, 1.165) is 18.8 Å². The molecule has 0 aliphatic carbocycles. The standard InChI is InChI=1S/C14H21N3O2/c15-13(14(18)19)10-16-11-4-6-12(7-5-11)17-8-2-1-3-9-17/h4-7,13,16H,1-3,8-10,15H2,(H,18,19). The molecule has 1 aliphatic heterocycles. The van der Waals surface area contributed by atoms with Crippen molar-refractivity contribution in [2.75, 3.05) is 29.9 Å². The Morgan fingerprint density at radius 1 is 1.26 bits per heavy atom. The van der Waals surface area contributed by atoms with E-state index in [1.165, 1.54) is 24.9 Å². The van der Waals surface area contributed by atoms with Crippen LogP contribution in [0.25, 0.3) is 0 Å². The second kappa shape index (κ2) is 6.43. The Hall–Kier alpha value is -1.75. The summed E-state index contributed by atoms with van der Waals surface area (Å²) in [5, 5.41) is 11.7. The molecule has 1 atom stereocenters. The number of benzene rings is 1. The molecular weight excluding hydrogens is 242 g/mol. The monoisotopic (exact) mass is 263 g/mol. The van der Waals surface area contributed by atoms with E-state index >= 15 is 0 Å². The quantitative estimate of drug-likeness (QED) is 0.750. The fourth-order valence-electron chi connectivity index (χ4n) is 2.26. The number of carboxylic acid groups (broad SMARTS) is 1. The molecule has 104 valence electrons. The highest BCUT2D eigenvalue weighted by atomic mass is 16.4.